The molecular weight excluding hydrogens is 188 g/mol. The predicted octanol–water partition coefficient (Wildman–Crippen LogP) is 2.57. The average molecular weight is 204 g/mol. The molecule has 0 heterocycles. The van der Waals surface area contributed by atoms with Gasteiger partial charge in [-0.3, -0.25) is 0 Å². The average Bonchev–Trinajstić information content (AvgIpc) is 2.21. The minimum atomic E-state index is -0.383. The Balaban J connectivity index is 2.96. The molecule has 0 bridgehead atoms. The standard InChI is InChI=1S/C12H16N2O/c1-4-10(7-13)15-12-6-8(2)11(14)5-9(12)3/h5-6,10H,4,14H2,1-3H3. The molecule has 1 aromatic rings. The Kier molecular flexibility index (Phi) is 3.56. The number of nitrogen functional groups attached to an aromatic ring is 1. The van der Waals surface area contributed by atoms with E-state index in [1.807, 2.05) is 32.9 Å². The topological polar surface area (TPSA) is 59.0 Å². The number of nitriles is 1. The number of aryl methyl sites for hydroxylation is 2. The van der Waals surface area contributed by atoms with Crippen LogP contribution in [0, 0.1) is 25.2 Å². The molecule has 0 aliphatic carbocycles. The Labute approximate surface area is 90.5 Å². The molecular formula is C12H16N2O. The van der Waals surface area contributed by atoms with Gasteiger partial charge < -0.3 is 10.5 Å². The maximum absolute atomic E-state index is 8.80. The summed E-state index contributed by atoms with van der Waals surface area (Å²) in [5.41, 5.74) is 8.46. The van der Waals surface area contributed by atoms with E-state index in [9.17, 15) is 0 Å². The molecule has 0 aliphatic rings. The summed E-state index contributed by atoms with van der Waals surface area (Å²) in [6.07, 6.45) is 0.297. The van der Waals surface area contributed by atoms with E-state index >= 15 is 0 Å². The molecule has 0 saturated heterocycles. The van der Waals surface area contributed by atoms with E-state index in [0.717, 1.165) is 22.6 Å². The highest BCUT2D eigenvalue weighted by molar-refractivity contribution is 5.53. The summed E-state index contributed by atoms with van der Waals surface area (Å²) in [7, 11) is 0. The molecule has 1 atom stereocenters. The Morgan fingerprint density at radius 1 is 1.40 bits per heavy atom. The highest BCUT2D eigenvalue weighted by Gasteiger charge is 2.09. The third kappa shape index (κ3) is 2.63. The van der Waals surface area contributed by atoms with Crippen LogP contribution in [0.2, 0.25) is 0 Å². The molecule has 2 N–H and O–H groups in total. The van der Waals surface area contributed by atoms with Gasteiger partial charge in [-0.15, -0.1) is 0 Å². The van der Waals surface area contributed by atoms with Gasteiger partial charge >= 0.3 is 0 Å². The van der Waals surface area contributed by atoms with Gasteiger partial charge in [0.2, 0.25) is 0 Å². The Hall–Kier alpha value is -1.69. The first-order chi connectivity index (χ1) is 7.08. The number of hydrogen-bond donors (Lipinski definition) is 1. The second kappa shape index (κ2) is 4.70. The number of nitrogens with zero attached hydrogens (tertiary/aromatic N) is 1. The van der Waals surface area contributed by atoms with Crippen LogP contribution in [0.15, 0.2) is 12.1 Å². The van der Waals surface area contributed by atoms with Crippen molar-refractivity contribution in [3.05, 3.63) is 23.3 Å². The minimum absolute atomic E-state index is 0.383. The molecule has 80 valence electrons. The summed E-state index contributed by atoms with van der Waals surface area (Å²) in [6.45, 7) is 5.78. The quantitative estimate of drug-likeness (QED) is 0.770. The normalized spacial score (nSPS) is 11.9. The second-order valence-electron chi connectivity index (χ2n) is 3.62. The van der Waals surface area contributed by atoms with Gasteiger partial charge in [-0.05, 0) is 43.5 Å². The summed E-state index contributed by atoms with van der Waals surface area (Å²) in [4.78, 5) is 0. The number of benzene rings is 1. The maximum Gasteiger partial charge on any atom is 0.184 e. The van der Waals surface area contributed by atoms with Crippen molar-refractivity contribution in [3.63, 3.8) is 0 Å². The molecule has 0 radical (unpaired) electrons. The van der Waals surface area contributed by atoms with Crippen molar-refractivity contribution < 1.29 is 4.74 Å². The van der Waals surface area contributed by atoms with Crippen LogP contribution in [0.4, 0.5) is 5.69 Å². The fraction of sp³-hybridized carbons (Fsp3) is 0.417. The van der Waals surface area contributed by atoms with Crippen LogP contribution in [0.5, 0.6) is 5.75 Å². The van der Waals surface area contributed by atoms with E-state index < -0.39 is 0 Å². The highest BCUT2D eigenvalue weighted by atomic mass is 16.5. The van der Waals surface area contributed by atoms with Gasteiger partial charge in [-0.2, -0.15) is 5.26 Å². The van der Waals surface area contributed by atoms with Crippen LogP contribution >= 0.6 is 0 Å². The molecule has 1 aromatic carbocycles. The van der Waals surface area contributed by atoms with Gasteiger partial charge in [0.15, 0.2) is 6.10 Å². The fourth-order valence-electron chi connectivity index (χ4n) is 1.29. The van der Waals surface area contributed by atoms with Crippen molar-refractivity contribution >= 4 is 5.69 Å². The van der Waals surface area contributed by atoms with E-state index in [1.54, 1.807) is 0 Å². The number of rotatable bonds is 3. The molecule has 0 aromatic heterocycles. The number of anilines is 1. The highest BCUT2D eigenvalue weighted by Crippen LogP contribution is 2.25. The lowest BCUT2D eigenvalue weighted by atomic mass is 10.1. The minimum Gasteiger partial charge on any atom is -0.475 e. The largest absolute Gasteiger partial charge is 0.475 e. The van der Waals surface area contributed by atoms with Crippen molar-refractivity contribution in [2.75, 3.05) is 5.73 Å². The third-order valence-electron chi connectivity index (χ3n) is 2.35. The van der Waals surface area contributed by atoms with Gasteiger partial charge in [-0.1, -0.05) is 6.92 Å². The van der Waals surface area contributed by atoms with Crippen LogP contribution < -0.4 is 10.5 Å². The third-order valence-corrected chi connectivity index (χ3v) is 2.35. The lowest BCUT2D eigenvalue weighted by Crippen LogP contribution is -2.13. The predicted molar refractivity (Wildman–Crippen MR) is 60.6 cm³/mol. The number of nitrogens with two attached hydrogens (primary N) is 1. The lowest BCUT2D eigenvalue weighted by Gasteiger charge is -2.14. The van der Waals surface area contributed by atoms with Crippen molar-refractivity contribution in [1.82, 2.24) is 0 Å². The van der Waals surface area contributed by atoms with Crippen molar-refractivity contribution in [2.24, 2.45) is 0 Å². The molecule has 0 fully saturated rings. The molecule has 0 saturated carbocycles. The van der Waals surface area contributed by atoms with E-state index in [2.05, 4.69) is 6.07 Å². The Morgan fingerprint density at radius 2 is 2.07 bits per heavy atom. The van der Waals surface area contributed by atoms with Crippen LogP contribution in [0.1, 0.15) is 24.5 Å². The van der Waals surface area contributed by atoms with Crippen molar-refractivity contribution in [2.45, 2.75) is 33.3 Å². The zero-order valence-corrected chi connectivity index (χ0v) is 9.37. The first-order valence-corrected chi connectivity index (χ1v) is 5.01. The van der Waals surface area contributed by atoms with Crippen LogP contribution in [0.25, 0.3) is 0 Å². The Morgan fingerprint density at radius 3 is 2.60 bits per heavy atom. The van der Waals surface area contributed by atoms with Crippen molar-refractivity contribution in [1.29, 1.82) is 5.26 Å². The summed E-state index contributed by atoms with van der Waals surface area (Å²) in [6, 6.07) is 5.86. The molecule has 0 aliphatic heterocycles. The first kappa shape index (κ1) is 11.4. The summed E-state index contributed by atoms with van der Waals surface area (Å²) in [5.74, 6) is 0.745. The monoisotopic (exact) mass is 204 g/mol. The molecule has 0 amide bonds. The second-order valence-corrected chi connectivity index (χ2v) is 3.62. The molecule has 1 unspecified atom stereocenters. The molecule has 3 nitrogen and oxygen atoms in total. The van der Waals surface area contributed by atoms with Gasteiger partial charge in [0.05, 0.1) is 0 Å². The van der Waals surface area contributed by atoms with Crippen LogP contribution in [0.3, 0.4) is 0 Å². The zero-order chi connectivity index (χ0) is 11.4. The number of hydrogen-bond acceptors (Lipinski definition) is 3. The van der Waals surface area contributed by atoms with E-state index in [-0.39, 0.29) is 6.10 Å². The summed E-state index contributed by atoms with van der Waals surface area (Å²) in [5, 5.41) is 8.80. The van der Waals surface area contributed by atoms with Gasteiger partial charge in [0.25, 0.3) is 0 Å². The lowest BCUT2D eigenvalue weighted by molar-refractivity contribution is 0.250. The summed E-state index contributed by atoms with van der Waals surface area (Å²) >= 11 is 0. The van der Waals surface area contributed by atoms with E-state index in [1.165, 1.54) is 0 Å². The van der Waals surface area contributed by atoms with Gasteiger partial charge in [0.1, 0.15) is 11.8 Å². The zero-order valence-electron chi connectivity index (χ0n) is 9.37. The first-order valence-electron chi connectivity index (χ1n) is 5.01. The maximum atomic E-state index is 8.80. The van der Waals surface area contributed by atoms with E-state index in [0.29, 0.717) is 6.42 Å². The molecule has 15 heavy (non-hydrogen) atoms. The van der Waals surface area contributed by atoms with Gasteiger partial charge in [0, 0.05) is 5.69 Å². The van der Waals surface area contributed by atoms with Crippen molar-refractivity contribution in [3.8, 4) is 11.8 Å². The molecule has 3 heteroatoms. The van der Waals surface area contributed by atoms with Gasteiger partial charge in [-0.25, -0.2) is 0 Å². The Bertz CT molecular complexity index is 393. The molecule has 1 rings (SSSR count). The SMILES string of the molecule is CCC(C#N)Oc1cc(C)c(N)cc1C. The smallest absolute Gasteiger partial charge is 0.184 e. The van der Waals surface area contributed by atoms with E-state index in [4.69, 9.17) is 15.7 Å². The summed E-state index contributed by atoms with van der Waals surface area (Å²) < 4.78 is 5.56. The molecule has 0 spiro atoms. The van der Waals surface area contributed by atoms with Crippen LogP contribution in [-0.4, -0.2) is 6.10 Å². The fourth-order valence-corrected chi connectivity index (χ4v) is 1.29. The van der Waals surface area contributed by atoms with Crippen LogP contribution in [-0.2, 0) is 0 Å². The number of ether oxygens (including phenoxy) is 1.